The number of aromatic nitrogens is 1. The fourth-order valence-corrected chi connectivity index (χ4v) is 5.40. The van der Waals surface area contributed by atoms with Gasteiger partial charge in [0.25, 0.3) is 5.56 Å². The van der Waals surface area contributed by atoms with Gasteiger partial charge in [0, 0.05) is 16.7 Å². The molecule has 0 bridgehead atoms. The molecular weight excluding hydrogens is 528 g/mol. The number of thiazole rings is 1. The number of benzene rings is 2. The van der Waals surface area contributed by atoms with E-state index >= 15 is 0 Å². The van der Waals surface area contributed by atoms with Crippen molar-refractivity contribution in [3.63, 3.8) is 0 Å². The quantitative estimate of drug-likeness (QED) is 0.357. The zero-order chi connectivity index (χ0) is 27.0. The minimum absolute atomic E-state index is 0.175. The van der Waals surface area contributed by atoms with Gasteiger partial charge in [-0.15, -0.1) is 0 Å². The summed E-state index contributed by atoms with van der Waals surface area (Å²) >= 11 is 7.28. The Morgan fingerprint density at radius 1 is 1.13 bits per heavy atom. The predicted octanol–water partition coefficient (Wildman–Crippen LogP) is 4.41. The minimum atomic E-state index is -1.01. The number of hydrogen-bond donors (Lipinski definition) is 1. The number of ether oxygens (including phenoxy) is 1. The molecule has 0 spiro atoms. The molecule has 1 N–H and O–H groups in total. The van der Waals surface area contributed by atoms with Crippen LogP contribution in [-0.2, 0) is 9.53 Å². The monoisotopic (exact) mass is 548 g/mol. The molecule has 4 aromatic rings. The molecule has 8 nitrogen and oxygen atoms in total. The molecule has 0 saturated carbocycles. The van der Waals surface area contributed by atoms with Crippen LogP contribution in [0.15, 0.2) is 86.1 Å². The van der Waals surface area contributed by atoms with Gasteiger partial charge in [-0.25, -0.2) is 14.6 Å². The summed E-state index contributed by atoms with van der Waals surface area (Å²) in [5.74, 6) is -0.574. The number of carbonyl (C=O) groups excluding carboxylic acids is 1. The van der Waals surface area contributed by atoms with Gasteiger partial charge < -0.3 is 14.3 Å². The molecule has 2 aromatic heterocycles. The van der Waals surface area contributed by atoms with E-state index in [2.05, 4.69) is 4.99 Å². The molecule has 1 aliphatic heterocycles. The zero-order valence-electron chi connectivity index (χ0n) is 20.3. The maximum absolute atomic E-state index is 13.7. The Labute approximate surface area is 225 Å². The van der Waals surface area contributed by atoms with Crippen molar-refractivity contribution in [3.05, 3.63) is 114 Å². The highest BCUT2D eigenvalue weighted by atomic mass is 35.5. The largest absolute Gasteiger partial charge is 0.478 e. The van der Waals surface area contributed by atoms with Crippen LogP contribution < -0.4 is 14.9 Å². The summed E-state index contributed by atoms with van der Waals surface area (Å²) < 4.78 is 13.1. The highest BCUT2D eigenvalue weighted by Gasteiger charge is 2.33. The van der Waals surface area contributed by atoms with Crippen molar-refractivity contribution in [3.8, 4) is 11.3 Å². The average Bonchev–Trinajstić information content (AvgIpc) is 3.48. The summed E-state index contributed by atoms with van der Waals surface area (Å²) in [6, 6.07) is 16.0. The van der Waals surface area contributed by atoms with Crippen molar-refractivity contribution >= 4 is 41.0 Å². The number of carboxylic acids is 1. The number of allylic oxidation sites excluding steroid dienone is 1. The van der Waals surface area contributed by atoms with Crippen LogP contribution in [0.5, 0.6) is 0 Å². The first-order chi connectivity index (χ1) is 18.3. The lowest BCUT2D eigenvalue weighted by atomic mass is 9.96. The third-order valence-electron chi connectivity index (χ3n) is 6.02. The highest BCUT2D eigenvalue weighted by molar-refractivity contribution is 7.07. The van der Waals surface area contributed by atoms with Crippen molar-refractivity contribution in [2.75, 3.05) is 6.61 Å². The number of nitrogens with zero attached hydrogens (tertiary/aromatic N) is 2. The Hall–Kier alpha value is -4.21. The fraction of sp³-hybridized carbons (Fsp3) is 0.143. The van der Waals surface area contributed by atoms with Gasteiger partial charge in [0.2, 0.25) is 0 Å². The summed E-state index contributed by atoms with van der Waals surface area (Å²) in [6.45, 7) is 3.63. The molecular formula is C28H21ClN2O6S. The topological polar surface area (TPSA) is 111 Å². The maximum Gasteiger partial charge on any atom is 0.338 e. The van der Waals surface area contributed by atoms with Crippen molar-refractivity contribution in [2.45, 2.75) is 19.9 Å². The van der Waals surface area contributed by atoms with Crippen molar-refractivity contribution in [2.24, 2.45) is 4.99 Å². The van der Waals surface area contributed by atoms with E-state index < -0.39 is 18.0 Å². The smallest absolute Gasteiger partial charge is 0.338 e. The fourth-order valence-electron chi connectivity index (χ4n) is 4.24. The van der Waals surface area contributed by atoms with Crippen molar-refractivity contribution in [1.29, 1.82) is 0 Å². The molecule has 0 radical (unpaired) electrons. The number of carbonyl (C=O) groups is 2. The summed E-state index contributed by atoms with van der Waals surface area (Å²) in [6.07, 6.45) is 1.63. The lowest BCUT2D eigenvalue weighted by molar-refractivity contribution is -0.139. The van der Waals surface area contributed by atoms with Crippen LogP contribution in [0.4, 0.5) is 0 Å². The number of aromatic carboxylic acids is 1. The van der Waals surface area contributed by atoms with Crippen LogP contribution in [0.25, 0.3) is 17.4 Å². The highest BCUT2D eigenvalue weighted by Crippen LogP contribution is 2.31. The number of halogens is 1. The Kier molecular flexibility index (Phi) is 6.88. The average molecular weight is 549 g/mol. The van der Waals surface area contributed by atoms with E-state index in [1.54, 1.807) is 68.5 Å². The molecule has 0 aliphatic carbocycles. The molecule has 192 valence electrons. The van der Waals surface area contributed by atoms with E-state index in [-0.39, 0.29) is 17.7 Å². The number of furan rings is 1. The molecule has 3 heterocycles. The van der Waals surface area contributed by atoms with Crippen LogP contribution in [0, 0.1) is 0 Å². The standard InChI is InChI=1S/C28H21ClN2O6S/c1-3-36-27(35)23-15(2)30-28-31(24(23)17-8-10-19(29)11-9-17)25(32)22(38-28)14-20-12-13-21(37-20)16-4-6-18(7-5-16)26(33)34/h4-14,24H,3H2,1-2H3,(H,33,34). The molecule has 1 aliphatic rings. The van der Waals surface area contributed by atoms with Crippen LogP contribution >= 0.6 is 22.9 Å². The van der Waals surface area contributed by atoms with Gasteiger partial charge >= 0.3 is 11.9 Å². The van der Waals surface area contributed by atoms with Gasteiger partial charge in [0.05, 0.1) is 34.0 Å². The first-order valence-electron chi connectivity index (χ1n) is 11.7. The third-order valence-corrected chi connectivity index (χ3v) is 7.25. The molecule has 0 amide bonds. The number of carboxylic acid groups (broad SMARTS) is 1. The van der Waals surface area contributed by atoms with Gasteiger partial charge in [-0.1, -0.05) is 47.2 Å². The summed E-state index contributed by atoms with van der Waals surface area (Å²) in [7, 11) is 0. The number of esters is 1. The van der Waals surface area contributed by atoms with E-state index in [0.29, 0.717) is 48.3 Å². The Morgan fingerprint density at radius 3 is 2.50 bits per heavy atom. The predicted molar refractivity (Wildman–Crippen MR) is 143 cm³/mol. The number of fused-ring (bicyclic) bond motifs is 1. The van der Waals surface area contributed by atoms with E-state index in [1.165, 1.54) is 28.0 Å². The number of rotatable bonds is 6. The van der Waals surface area contributed by atoms with Crippen molar-refractivity contribution in [1.82, 2.24) is 4.57 Å². The van der Waals surface area contributed by atoms with E-state index in [1.807, 2.05) is 0 Å². The Morgan fingerprint density at radius 2 is 1.84 bits per heavy atom. The Bertz CT molecular complexity index is 1760. The minimum Gasteiger partial charge on any atom is -0.478 e. The lowest BCUT2D eigenvalue weighted by Gasteiger charge is -2.24. The summed E-state index contributed by atoms with van der Waals surface area (Å²) in [4.78, 5) is 42.7. The Balaban J connectivity index is 1.59. The van der Waals surface area contributed by atoms with Gasteiger partial charge in [0.1, 0.15) is 11.5 Å². The molecule has 0 fully saturated rings. The molecule has 1 unspecified atom stereocenters. The van der Waals surface area contributed by atoms with Gasteiger partial charge in [-0.05, 0) is 55.8 Å². The van der Waals surface area contributed by atoms with Crippen LogP contribution in [0.2, 0.25) is 5.02 Å². The second-order valence-electron chi connectivity index (χ2n) is 8.44. The van der Waals surface area contributed by atoms with Gasteiger partial charge in [-0.2, -0.15) is 0 Å². The molecule has 5 rings (SSSR count). The van der Waals surface area contributed by atoms with Gasteiger partial charge in [0.15, 0.2) is 4.80 Å². The first kappa shape index (κ1) is 25.4. The van der Waals surface area contributed by atoms with E-state index in [9.17, 15) is 14.4 Å². The maximum atomic E-state index is 13.7. The number of hydrogen-bond acceptors (Lipinski definition) is 7. The van der Waals surface area contributed by atoms with Crippen LogP contribution in [0.1, 0.15) is 41.6 Å². The molecule has 1 atom stereocenters. The van der Waals surface area contributed by atoms with Crippen LogP contribution in [0.3, 0.4) is 0 Å². The van der Waals surface area contributed by atoms with E-state index in [4.69, 9.17) is 25.9 Å². The second-order valence-corrected chi connectivity index (χ2v) is 9.88. The molecule has 2 aromatic carbocycles. The zero-order valence-corrected chi connectivity index (χ0v) is 21.9. The van der Waals surface area contributed by atoms with Crippen LogP contribution in [-0.4, -0.2) is 28.2 Å². The SMILES string of the molecule is CCOC(=O)C1=C(C)N=c2sc(=Cc3ccc(-c4ccc(C(=O)O)cc4)o3)c(=O)n2C1c1ccc(Cl)cc1. The normalized spacial score (nSPS) is 15.2. The van der Waals surface area contributed by atoms with E-state index in [0.717, 1.165) is 0 Å². The summed E-state index contributed by atoms with van der Waals surface area (Å²) in [5.41, 5.74) is 2.01. The molecule has 0 saturated heterocycles. The first-order valence-corrected chi connectivity index (χ1v) is 12.8. The second kappa shape index (κ2) is 10.3. The van der Waals surface area contributed by atoms with Crippen molar-refractivity contribution < 1.29 is 23.8 Å². The molecule has 10 heteroatoms. The lowest BCUT2D eigenvalue weighted by Crippen LogP contribution is -2.39. The third kappa shape index (κ3) is 4.73. The summed E-state index contributed by atoms with van der Waals surface area (Å²) in [5, 5.41) is 9.64. The molecule has 38 heavy (non-hydrogen) atoms. The van der Waals surface area contributed by atoms with Gasteiger partial charge in [-0.3, -0.25) is 9.36 Å².